The number of nitrogens with one attached hydrogen (secondary N) is 1. The van der Waals surface area contributed by atoms with Crippen molar-refractivity contribution in [2.24, 2.45) is 0 Å². The Balaban J connectivity index is 1.45. The summed E-state index contributed by atoms with van der Waals surface area (Å²) in [6.45, 7) is 1.06. The van der Waals surface area contributed by atoms with Crippen LogP contribution in [0.4, 0.5) is 0 Å². The topological polar surface area (TPSA) is 42.2 Å². The highest BCUT2D eigenvalue weighted by molar-refractivity contribution is 8.03. The van der Waals surface area contributed by atoms with Gasteiger partial charge in [-0.1, -0.05) is 6.07 Å². The van der Waals surface area contributed by atoms with Crippen LogP contribution in [0.5, 0.6) is 0 Å². The lowest BCUT2D eigenvalue weighted by Crippen LogP contribution is -2.34. The predicted molar refractivity (Wildman–Crippen MR) is 87.7 cm³/mol. The zero-order valence-electron chi connectivity index (χ0n) is 11.5. The molecular weight excluding hydrogens is 288 g/mol. The number of aromatic nitrogens is 3. The van der Waals surface area contributed by atoms with Gasteiger partial charge < -0.3 is 5.32 Å². The maximum atomic E-state index is 4.27. The lowest BCUT2D eigenvalue weighted by atomic mass is 10.2. The van der Waals surface area contributed by atoms with Gasteiger partial charge in [-0.15, -0.1) is 10.2 Å². The van der Waals surface area contributed by atoms with E-state index >= 15 is 0 Å². The molecule has 20 heavy (non-hydrogen) atoms. The van der Waals surface area contributed by atoms with Crippen LogP contribution in [0, 0.1) is 0 Å². The molecular formula is C14H20N4S2. The summed E-state index contributed by atoms with van der Waals surface area (Å²) >= 11 is 4.14. The first-order valence-corrected chi connectivity index (χ1v) is 9.42. The highest BCUT2D eigenvalue weighted by Gasteiger charge is 2.12. The van der Waals surface area contributed by atoms with Crippen LogP contribution in [-0.2, 0) is 6.42 Å². The van der Waals surface area contributed by atoms with Gasteiger partial charge in [0.05, 0.1) is 0 Å². The number of thioether (sulfide) groups is 2. The third kappa shape index (κ3) is 3.68. The van der Waals surface area contributed by atoms with Crippen LogP contribution >= 0.6 is 23.5 Å². The molecule has 6 heteroatoms. The Kier molecular flexibility index (Phi) is 5.22. The fraction of sp³-hybridized carbons (Fsp3) is 0.571. The van der Waals surface area contributed by atoms with Crippen molar-refractivity contribution < 1.29 is 0 Å². The predicted octanol–water partition coefficient (Wildman–Crippen LogP) is 2.10. The molecule has 1 aliphatic rings. The van der Waals surface area contributed by atoms with E-state index in [1.54, 1.807) is 0 Å². The summed E-state index contributed by atoms with van der Waals surface area (Å²) in [6, 6.07) is 6.69. The smallest absolute Gasteiger partial charge is 0.160 e. The van der Waals surface area contributed by atoms with E-state index in [0.717, 1.165) is 30.9 Å². The van der Waals surface area contributed by atoms with Gasteiger partial charge in [-0.2, -0.15) is 23.5 Å². The van der Waals surface area contributed by atoms with Crippen molar-refractivity contribution in [1.29, 1.82) is 0 Å². The van der Waals surface area contributed by atoms with E-state index in [1.807, 2.05) is 24.4 Å². The SMILES string of the molecule is c1ccn2c(CCCNC3CSCCSC3)nnc2c1. The molecule has 0 bridgehead atoms. The fourth-order valence-corrected chi connectivity index (χ4v) is 4.81. The van der Waals surface area contributed by atoms with Gasteiger partial charge in [-0.25, -0.2) is 0 Å². The molecule has 1 aliphatic heterocycles. The van der Waals surface area contributed by atoms with E-state index in [2.05, 4.69) is 43.4 Å². The summed E-state index contributed by atoms with van der Waals surface area (Å²) in [6.07, 6.45) is 4.13. The van der Waals surface area contributed by atoms with Crippen molar-refractivity contribution in [3.05, 3.63) is 30.2 Å². The molecule has 0 unspecified atom stereocenters. The third-order valence-electron chi connectivity index (χ3n) is 3.40. The molecule has 1 saturated heterocycles. The van der Waals surface area contributed by atoms with Crippen LogP contribution in [0.1, 0.15) is 12.2 Å². The first-order chi connectivity index (χ1) is 9.93. The van der Waals surface area contributed by atoms with Gasteiger partial charge in [0.15, 0.2) is 5.65 Å². The highest BCUT2D eigenvalue weighted by atomic mass is 32.2. The van der Waals surface area contributed by atoms with Gasteiger partial charge in [0.2, 0.25) is 0 Å². The normalized spacial score (nSPS) is 17.4. The molecule has 1 N–H and O–H groups in total. The summed E-state index contributed by atoms with van der Waals surface area (Å²) in [4.78, 5) is 0. The molecule has 0 spiro atoms. The standard InChI is InChI=1S/C14H20N4S2/c1-2-7-18-13(4-1)16-17-14(18)5-3-6-15-12-10-19-8-9-20-11-12/h1-2,4,7,12,15H,3,5-6,8-11H2. The molecule has 3 rings (SSSR count). The molecule has 2 aromatic heterocycles. The molecule has 3 heterocycles. The Morgan fingerprint density at radius 3 is 2.90 bits per heavy atom. The van der Waals surface area contributed by atoms with Crippen molar-refractivity contribution in [1.82, 2.24) is 19.9 Å². The first-order valence-electron chi connectivity index (χ1n) is 7.11. The highest BCUT2D eigenvalue weighted by Crippen LogP contribution is 2.16. The van der Waals surface area contributed by atoms with Crippen LogP contribution in [0.15, 0.2) is 24.4 Å². The van der Waals surface area contributed by atoms with Gasteiger partial charge in [-0.05, 0) is 25.1 Å². The van der Waals surface area contributed by atoms with E-state index in [9.17, 15) is 0 Å². The van der Waals surface area contributed by atoms with Crippen molar-refractivity contribution in [3.8, 4) is 0 Å². The molecule has 0 amide bonds. The number of nitrogens with zero attached hydrogens (tertiary/aromatic N) is 3. The molecule has 2 aromatic rings. The van der Waals surface area contributed by atoms with Crippen molar-refractivity contribution in [3.63, 3.8) is 0 Å². The quantitative estimate of drug-likeness (QED) is 0.857. The Hall–Kier alpha value is -0.720. The summed E-state index contributed by atoms with van der Waals surface area (Å²) in [5, 5.41) is 12.1. The van der Waals surface area contributed by atoms with Crippen molar-refractivity contribution in [2.75, 3.05) is 29.6 Å². The Morgan fingerprint density at radius 2 is 2.05 bits per heavy atom. The zero-order valence-corrected chi connectivity index (χ0v) is 13.1. The lowest BCUT2D eigenvalue weighted by molar-refractivity contribution is 0.576. The van der Waals surface area contributed by atoms with E-state index in [1.165, 1.54) is 23.0 Å². The van der Waals surface area contributed by atoms with Crippen LogP contribution in [0.3, 0.4) is 0 Å². The largest absolute Gasteiger partial charge is 0.312 e. The summed E-state index contributed by atoms with van der Waals surface area (Å²) < 4.78 is 2.08. The second-order valence-electron chi connectivity index (χ2n) is 4.95. The minimum atomic E-state index is 0.669. The van der Waals surface area contributed by atoms with Crippen LogP contribution in [0.2, 0.25) is 0 Å². The van der Waals surface area contributed by atoms with Crippen molar-refractivity contribution in [2.45, 2.75) is 18.9 Å². The fourth-order valence-electron chi connectivity index (χ4n) is 2.35. The molecule has 0 saturated carbocycles. The van der Waals surface area contributed by atoms with Gasteiger partial charge in [0.1, 0.15) is 5.82 Å². The van der Waals surface area contributed by atoms with Crippen molar-refractivity contribution >= 4 is 29.2 Å². The molecule has 0 aromatic carbocycles. The van der Waals surface area contributed by atoms with E-state index < -0.39 is 0 Å². The maximum absolute atomic E-state index is 4.27. The number of pyridine rings is 1. The van der Waals surface area contributed by atoms with Crippen LogP contribution in [-0.4, -0.2) is 50.2 Å². The minimum Gasteiger partial charge on any atom is -0.312 e. The third-order valence-corrected chi connectivity index (χ3v) is 5.92. The minimum absolute atomic E-state index is 0.669. The average molecular weight is 308 g/mol. The summed E-state index contributed by atoms with van der Waals surface area (Å²) in [5.74, 6) is 6.16. The summed E-state index contributed by atoms with van der Waals surface area (Å²) in [5.41, 5.74) is 0.937. The van der Waals surface area contributed by atoms with Crippen LogP contribution < -0.4 is 5.32 Å². The number of fused-ring (bicyclic) bond motifs is 1. The Morgan fingerprint density at radius 1 is 1.20 bits per heavy atom. The zero-order chi connectivity index (χ0) is 13.6. The Bertz CT molecular complexity index is 535. The molecule has 108 valence electrons. The van der Waals surface area contributed by atoms with Gasteiger partial charge in [0.25, 0.3) is 0 Å². The molecule has 0 atom stereocenters. The second kappa shape index (κ2) is 7.33. The van der Waals surface area contributed by atoms with E-state index in [0.29, 0.717) is 6.04 Å². The molecule has 4 nitrogen and oxygen atoms in total. The van der Waals surface area contributed by atoms with Gasteiger partial charge in [-0.3, -0.25) is 4.40 Å². The number of hydrogen-bond acceptors (Lipinski definition) is 5. The summed E-state index contributed by atoms with van der Waals surface area (Å²) in [7, 11) is 0. The monoisotopic (exact) mass is 308 g/mol. The number of hydrogen-bond donors (Lipinski definition) is 1. The maximum Gasteiger partial charge on any atom is 0.160 e. The molecule has 0 radical (unpaired) electrons. The second-order valence-corrected chi connectivity index (χ2v) is 7.25. The molecule has 0 aliphatic carbocycles. The lowest BCUT2D eigenvalue weighted by Gasteiger charge is -2.14. The number of rotatable bonds is 5. The Labute approximate surface area is 128 Å². The van der Waals surface area contributed by atoms with E-state index in [4.69, 9.17) is 0 Å². The number of aryl methyl sites for hydroxylation is 1. The molecule has 1 fully saturated rings. The average Bonchev–Trinajstić information content (AvgIpc) is 2.71. The van der Waals surface area contributed by atoms with Gasteiger partial charge >= 0.3 is 0 Å². The van der Waals surface area contributed by atoms with Gasteiger partial charge in [0, 0.05) is 41.7 Å². The van der Waals surface area contributed by atoms with E-state index in [-0.39, 0.29) is 0 Å². The first kappa shape index (κ1) is 14.2. The van der Waals surface area contributed by atoms with Crippen LogP contribution in [0.25, 0.3) is 5.65 Å².